The molecule has 2 aromatic rings. The van der Waals surface area contributed by atoms with Gasteiger partial charge in [0.1, 0.15) is 0 Å². The van der Waals surface area contributed by atoms with E-state index in [2.05, 4.69) is 0 Å². The number of methoxy groups -OCH3 is 1. The van der Waals surface area contributed by atoms with Crippen LogP contribution in [0.5, 0.6) is 5.75 Å². The van der Waals surface area contributed by atoms with Gasteiger partial charge in [-0.15, -0.1) is 0 Å². The molecule has 1 saturated heterocycles. The quantitative estimate of drug-likeness (QED) is 0.883. The highest BCUT2D eigenvalue weighted by Gasteiger charge is 2.39. The number of sulfonamides is 1. The summed E-state index contributed by atoms with van der Waals surface area (Å²) in [6, 6.07) is 13.4. The summed E-state index contributed by atoms with van der Waals surface area (Å²) in [6.07, 6.45) is 0. The molecule has 7 heteroatoms. The number of ether oxygens (including phenoxy) is 1. The Balaban J connectivity index is 1.89. The highest BCUT2D eigenvalue weighted by Crippen LogP contribution is 2.35. The van der Waals surface area contributed by atoms with Crippen LogP contribution in [0.2, 0.25) is 0 Å². The van der Waals surface area contributed by atoms with E-state index in [9.17, 15) is 12.8 Å². The van der Waals surface area contributed by atoms with Crippen molar-refractivity contribution in [3.8, 4) is 5.75 Å². The number of hydrogen-bond acceptors (Lipinski definition) is 4. The van der Waals surface area contributed by atoms with Gasteiger partial charge in [-0.05, 0) is 36.2 Å². The van der Waals surface area contributed by atoms with Gasteiger partial charge in [-0.25, -0.2) is 12.8 Å². The van der Waals surface area contributed by atoms with Gasteiger partial charge in [0.25, 0.3) is 0 Å². The number of benzene rings is 2. The summed E-state index contributed by atoms with van der Waals surface area (Å²) < 4.78 is 46.0. The summed E-state index contributed by atoms with van der Waals surface area (Å²) in [5.41, 5.74) is 6.94. The lowest BCUT2D eigenvalue weighted by Crippen LogP contribution is -2.30. The first-order valence-electron chi connectivity index (χ1n) is 8.06. The van der Waals surface area contributed by atoms with E-state index in [-0.39, 0.29) is 22.5 Å². The molecule has 0 radical (unpaired) electrons. The molecule has 0 amide bonds. The van der Waals surface area contributed by atoms with E-state index in [0.29, 0.717) is 19.6 Å². The highest BCUT2D eigenvalue weighted by atomic mass is 32.2. The van der Waals surface area contributed by atoms with Crippen molar-refractivity contribution in [2.75, 3.05) is 26.7 Å². The number of hydrogen-bond donors (Lipinski definition) is 1. The lowest BCUT2D eigenvalue weighted by atomic mass is 9.89. The molecule has 0 aromatic heterocycles. The lowest BCUT2D eigenvalue weighted by Gasteiger charge is -2.17. The van der Waals surface area contributed by atoms with Crippen LogP contribution in [0, 0.1) is 11.7 Å². The van der Waals surface area contributed by atoms with Gasteiger partial charge in [0.2, 0.25) is 10.0 Å². The molecule has 1 fully saturated rings. The Labute approximate surface area is 147 Å². The third-order valence-corrected chi connectivity index (χ3v) is 6.53. The van der Waals surface area contributed by atoms with Crippen molar-refractivity contribution in [3.05, 3.63) is 59.9 Å². The second kappa shape index (κ2) is 7.11. The van der Waals surface area contributed by atoms with Crippen LogP contribution in [0.4, 0.5) is 4.39 Å². The first-order chi connectivity index (χ1) is 12.0. The van der Waals surface area contributed by atoms with Crippen molar-refractivity contribution in [1.82, 2.24) is 4.31 Å². The predicted molar refractivity (Wildman–Crippen MR) is 93.4 cm³/mol. The lowest BCUT2D eigenvalue weighted by molar-refractivity contribution is 0.385. The third kappa shape index (κ3) is 3.40. The average molecular weight is 364 g/mol. The van der Waals surface area contributed by atoms with Gasteiger partial charge in [-0.2, -0.15) is 4.31 Å². The second-order valence-electron chi connectivity index (χ2n) is 6.13. The normalized spacial score (nSPS) is 21.4. The van der Waals surface area contributed by atoms with Crippen LogP contribution in [0.15, 0.2) is 53.4 Å². The minimum absolute atomic E-state index is 0.0161. The molecule has 5 nitrogen and oxygen atoms in total. The average Bonchev–Trinajstić information content (AvgIpc) is 3.07. The zero-order valence-electron chi connectivity index (χ0n) is 13.9. The van der Waals surface area contributed by atoms with E-state index in [1.165, 1.54) is 23.5 Å². The van der Waals surface area contributed by atoms with Gasteiger partial charge in [-0.3, -0.25) is 0 Å². The van der Waals surface area contributed by atoms with E-state index in [0.717, 1.165) is 11.6 Å². The summed E-state index contributed by atoms with van der Waals surface area (Å²) >= 11 is 0. The third-order valence-electron chi connectivity index (χ3n) is 4.70. The van der Waals surface area contributed by atoms with Gasteiger partial charge in [-0.1, -0.05) is 30.3 Å². The standard InChI is InChI=1S/C18H21FN2O3S/c1-24-18-8-7-15(9-17(18)19)25(22,23)21-11-14(10-20)16(12-21)13-5-3-2-4-6-13/h2-9,14,16H,10-12,20H2,1H3/t14-,16+/m1/s1. The summed E-state index contributed by atoms with van der Waals surface area (Å²) in [5, 5.41) is 0. The molecule has 0 spiro atoms. The summed E-state index contributed by atoms with van der Waals surface area (Å²) in [4.78, 5) is -0.0738. The van der Waals surface area contributed by atoms with E-state index < -0.39 is 15.8 Å². The Morgan fingerprint density at radius 1 is 1.20 bits per heavy atom. The van der Waals surface area contributed by atoms with Crippen molar-refractivity contribution in [1.29, 1.82) is 0 Å². The minimum Gasteiger partial charge on any atom is -0.494 e. The molecule has 0 bridgehead atoms. The molecule has 1 aliphatic rings. The van der Waals surface area contributed by atoms with Crippen LogP contribution in [-0.4, -0.2) is 39.5 Å². The van der Waals surface area contributed by atoms with E-state index in [1.54, 1.807) is 0 Å². The fourth-order valence-corrected chi connectivity index (χ4v) is 4.84. The SMILES string of the molecule is COc1ccc(S(=O)(=O)N2C[C@@H](CN)[C@H](c3ccccc3)C2)cc1F. The molecule has 1 aliphatic heterocycles. The molecule has 0 saturated carbocycles. The van der Waals surface area contributed by atoms with Gasteiger partial charge < -0.3 is 10.5 Å². The topological polar surface area (TPSA) is 72.6 Å². The first kappa shape index (κ1) is 17.8. The Bertz CT molecular complexity index is 843. The largest absolute Gasteiger partial charge is 0.494 e. The maximum atomic E-state index is 13.9. The number of halogens is 1. The minimum atomic E-state index is -3.79. The summed E-state index contributed by atoms with van der Waals surface area (Å²) in [6.45, 7) is 1.05. The Kier molecular flexibility index (Phi) is 5.08. The molecule has 25 heavy (non-hydrogen) atoms. The Morgan fingerprint density at radius 3 is 2.52 bits per heavy atom. The molecule has 2 N–H and O–H groups in total. The maximum absolute atomic E-state index is 13.9. The summed E-state index contributed by atoms with van der Waals surface area (Å²) in [7, 11) is -2.45. The van der Waals surface area contributed by atoms with Gasteiger partial charge in [0.15, 0.2) is 11.6 Å². The van der Waals surface area contributed by atoms with Gasteiger partial charge >= 0.3 is 0 Å². The first-order valence-corrected chi connectivity index (χ1v) is 9.50. The fraction of sp³-hybridized carbons (Fsp3) is 0.333. The van der Waals surface area contributed by atoms with Crippen molar-refractivity contribution in [3.63, 3.8) is 0 Å². The van der Waals surface area contributed by atoms with Crippen molar-refractivity contribution in [2.24, 2.45) is 11.7 Å². The van der Waals surface area contributed by atoms with Crippen LogP contribution in [0.25, 0.3) is 0 Å². The molecule has 3 rings (SSSR count). The van der Waals surface area contributed by atoms with Crippen molar-refractivity contribution >= 4 is 10.0 Å². The zero-order chi connectivity index (χ0) is 18.0. The smallest absolute Gasteiger partial charge is 0.243 e. The highest BCUT2D eigenvalue weighted by molar-refractivity contribution is 7.89. The van der Waals surface area contributed by atoms with Gasteiger partial charge in [0, 0.05) is 19.0 Å². The number of nitrogens with two attached hydrogens (primary N) is 1. The number of nitrogens with zero attached hydrogens (tertiary/aromatic N) is 1. The maximum Gasteiger partial charge on any atom is 0.243 e. The molecule has 0 aliphatic carbocycles. The fourth-order valence-electron chi connectivity index (χ4n) is 3.30. The monoisotopic (exact) mass is 364 g/mol. The van der Waals surface area contributed by atoms with Crippen LogP contribution < -0.4 is 10.5 Å². The molecule has 2 atom stereocenters. The zero-order valence-corrected chi connectivity index (χ0v) is 14.7. The molecule has 0 unspecified atom stereocenters. The van der Waals surface area contributed by atoms with Crippen LogP contribution in [0.1, 0.15) is 11.5 Å². The Morgan fingerprint density at radius 2 is 1.92 bits per heavy atom. The molecule has 134 valence electrons. The molecular weight excluding hydrogens is 343 g/mol. The van der Waals surface area contributed by atoms with Gasteiger partial charge in [0.05, 0.1) is 12.0 Å². The van der Waals surface area contributed by atoms with E-state index >= 15 is 0 Å². The molecule has 1 heterocycles. The molecular formula is C18H21FN2O3S. The van der Waals surface area contributed by atoms with Crippen LogP contribution >= 0.6 is 0 Å². The molecule has 2 aromatic carbocycles. The van der Waals surface area contributed by atoms with Crippen molar-refractivity contribution in [2.45, 2.75) is 10.8 Å². The number of rotatable bonds is 5. The Hall–Kier alpha value is -1.96. The van der Waals surface area contributed by atoms with Crippen LogP contribution in [-0.2, 0) is 10.0 Å². The van der Waals surface area contributed by atoms with E-state index in [4.69, 9.17) is 10.5 Å². The second-order valence-corrected chi connectivity index (χ2v) is 8.07. The summed E-state index contributed by atoms with van der Waals surface area (Å²) in [5.74, 6) is -0.621. The van der Waals surface area contributed by atoms with Crippen LogP contribution in [0.3, 0.4) is 0 Å². The van der Waals surface area contributed by atoms with Crippen molar-refractivity contribution < 1.29 is 17.5 Å². The van der Waals surface area contributed by atoms with E-state index in [1.807, 2.05) is 30.3 Å². The predicted octanol–water partition coefficient (Wildman–Crippen LogP) is 2.20.